The maximum atomic E-state index is 11.7. The molecule has 0 aliphatic carbocycles. The van der Waals surface area contributed by atoms with Crippen molar-refractivity contribution in [2.75, 3.05) is 37.9 Å². The summed E-state index contributed by atoms with van der Waals surface area (Å²) < 4.78 is 52.9. The standard InChI is InChI=1S/C12H18N4O7S2/c1-14(12-8-15(5-6-23-12)24(2,19)20)10-4-3-9(25(13,21)22)7-11(10)16(17)18/h3-4,7,12H,5-6,8H2,1-2H3,(H2,13,21,22). The van der Waals surface area contributed by atoms with E-state index in [9.17, 15) is 26.9 Å². The van der Waals surface area contributed by atoms with E-state index in [1.807, 2.05) is 0 Å². The van der Waals surface area contributed by atoms with Crippen molar-refractivity contribution in [3.63, 3.8) is 0 Å². The number of anilines is 1. The predicted molar refractivity (Wildman–Crippen MR) is 89.0 cm³/mol. The highest BCUT2D eigenvalue weighted by molar-refractivity contribution is 7.89. The zero-order chi connectivity index (χ0) is 19.0. The molecule has 140 valence electrons. The van der Waals surface area contributed by atoms with Crippen molar-refractivity contribution in [1.82, 2.24) is 4.31 Å². The van der Waals surface area contributed by atoms with E-state index in [1.165, 1.54) is 22.3 Å². The summed E-state index contributed by atoms with van der Waals surface area (Å²) in [5.74, 6) is 0. The summed E-state index contributed by atoms with van der Waals surface area (Å²) >= 11 is 0. The summed E-state index contributed by atoms with van der Waals surface area (Å²) in [6.07, 6.45) is 0.307. The zero-order valence-corrected chi connectivity index (χ0v) is 15.2. The highest BCUT2D eigenvalue weighted by atomic mass is 32.2. The molecule has 0 spiro atoms. The Balaban J connectivity index is 2.38. The Kier molecular flexibility index (Phi) is 5.34. The number of rotatable bonds is 5. The van der Waals surface area contributed by atoms with Crippen molar-refractivity contribution >= 4 is 31.4 Å². The monoisotopic (exact) mass is 394 g/mol. The summed E-state index contributed by atoms with van der Waals surface area (Å²) in [5.41, 5.74) is -0.396. The molecule has 2 rings (SSSR count). The van der Waals surface area contributed by atoms with Crippen molar-refractivity contribution in [2.24, 2.45) is 5.14 Å². The lowest BCUT2D eigenvalue weighted by Crippen LogP contribution is -2.51. The van der Waals surface area contributed by atoms with Crippen LogP contribution in [0.5, 0.6) is 0 Å². The van der Waals surface area contributed by atoms with Gasteiger partial charge in [-0.3, -0.25) is 10.1 Å². The number of likely N-dealkylation sites (N-methyl/N-ethyl adjacent to an activating group) is 1. The van der Waals surface area contributed by atoms with Crippen LogP contribution in [0.4, 0.5) is 11.4 Å². The van der Waals surface area contributed by atoms with Crippen LogP contribution < -0.4 is 10.0 Å². The number of nitro benzene ring substituents is 1. The van der Waals surface area contributed by atoms with Gasteiger partial charge in [0.05, 0.1) is 29.2 Å². The molecule has 1 fully saturated rings. The Hall–Kier alpha value is -1.80. The summed E-state index contributed by atoms with van der Waals surface area (Å²) in [6, 6.07) is 3.24. The lowest BCUT2D eigenvalue weighted by Gasteiger charge is -2.37. The first-order valence-corrected chi connectivity index (χ1v) is 10.4. The van der Waals surface area contributed by atoms with Crippen LogP contribution in [-0.2, 0) is 24.8 Å². The number of nitrogens with two attached hydrogens (primary N) is 1. The molecular formula is C12H18N4O7S2. The van der Waals surface area contributed by atoms with Gasteiger partial charge < -0.3 is 9.64 Å². The minimum Gasteiger partial charge on any atom is -0.356 e. The molecule has 1 heterocycles. The van der Waals surface area contributed by atoms with Crippen LogP contribution in [0.3, 0.4) is 0 Å². The predicted octanol–water partition coefficient (Wildman–Crippen LogP) is -0.704. The smallest absolute Gasteiger partial charge is 0.293 e. The van der Waals surface area contributed by atoms with Crippen molar-refractivity contribution < 1.29 is 26.5 Å². The number of nitrogens with zero attached hydrogens (tertiary/aromatic N) is 3. The molecule has 1 saturated heterocycles. The molecule has 0 amide bonds. The second-order valence-corrected chi connectivity index (χ2v) is 9.05. The zero-order valence-electron chi connectivity index (χ0n) is 13.5. The quantitative estimate of drug-likeness (QED) is 0.508. The van der Waals surface area contributed by atoms with Gasteiger partial charge in [0.15, 0.2) is 0 Å². The van der Waals surface area contributed by atoms with Crippen LogP contribution in [0, 0.1) is 10.1 Å². The van der Waals surface area contributed by atoms with Crippen LogP contribution in [0.25, 0.3) is 0 Å². The number of morpholine rings is 1. The van der Waals surface area contributed by atoms with E-state index in [4.69, 9.17) is 9.88 Å². The lowest BCUT2D eigenvalue weighted by molar-refractivity contribution is -0.384. The largest absolute Gasteiger partial charge is 0.356 e. The fraction of sp³-hybridized carbons (Fsp3) is 0.500. The van der Waals surface area contributed by atoms with E-state index >= 15 is 0 Å². The average molecular weight is 394 g/mol. The number of nitro groups is 1. The molecule has 1 aliphatic rings. The molecule has 25 heavy (non-hydrogen) atoms. The van der Waals surface area contributed by atoms with E-state index < -0.39 is 41.8 Å². The second kappa shape index (κ2) is 6.84. The Morgan fingerprint density at radius 1 is 1.36 bits per heavy atom. The van der Waals surface area contributed by atoms with E-state index in [2.05, 4.69) is 0 Å². The maximum absolute atomic E-state index is 11.7. The van der Waals surface area contributed by atoms with Gasteiger partial charge in [-0.05, 0) is 12.1 Å². The van der Waals surface area contributed by atoms with E-state index in [0.29, 0.717) is 0 Å². The fourth-order valence-corrected chi connectivity index (χ4v) is 3.76. The average Bonchev–Trinajstić information content (AvgIpc) is 2.52. The van der Waals surface area contributed by atoms with Gasteiger partial charge in [-0.25, -0.2) is 22.0 Å². The molecule has 13 heteroatoms. The maximum Gasteiger partial charge on any atom is 0.293 e. The first-order valence-electron chi connectivity index (χ1n) is 7.02. The molecule has 0 radical (unpaired) electrons. The van der Waals surface area contributed by atoms with Crippen LogP contribution in [0.15, 0.2) is 23.1 Å². The van der Waals surface area contributed by atoms with Gasteiger partial charge in [0.25, 0.3) is 5.69 Å². The SMILES string of the molecule is CN(c1ccc(S(N)(=O)=O)cc1[N+](=O)[O-])C1CN(S(C)(=O)=O)CCO1. The minimum atomic E-state index is -4.10. The summed E-state index contributed by atoms with van der Waals surface area (Å²) in [4.78, 5) is 11.6. The third-order valence-corrected chi connectivity index (χ3v) is 5.94. The molecular weight excluding hydrogens is 376 g/mol. The van der Waals surface area contributed by atoms with Gasteiger partial charge in [0.2, 0.25) is 20.0 Å². The van der Waals surface area contributed by atoms with Gasteiger partial charge >= 0.3 is 0 Å². The molecule has 1 atom stereocenters. The highest BCUT2D eigenvalue weighted by Gasteiger charge is 2.32. The fourth-order valence-electron chi connectivity index (χ4n) is 2.42. The molecule has 2 N–H and O–H groups in total. The van der Waals surface area contributed by atoms with Crippen LogP contribution in [-0.4, -0.2) is 65.3 Å². The molecule has 0 saturated carbocycles. The minimum absolute atomic E-state index is 0.0105. The number of ether oxygens (including phenoxy) is 1. The van der Waals surface area contributed by atoms with Gasteiger partial charge in [0, 0.05) is 19.7 Å². The third kappa shape index (κ3) is 4.43. The molecule has 0 aromatic heterocycles. The van der Waals surface area contributed by atoms with Crippen LogP contribution >= 0.6 is 0 Å². The normalized spacial score (nSPS) is 19.6. The molecule has 11 nitrogen and oxygen atoms in total. The van der Waals surface area contributed by atoms with Crippen molar-refractivity contribution in [3.05, 3.63) is 28.3 Å². The third-order valence-electron chi connectivity index (χ3n) is 3.76. The Bertz CT molecular complexity index is 885. The first-order chi connectivity index (χ1) is 11.4. The van der Waals surface area contributed by atoms with Crippen molar-refractivity contribution in [2.45, 2.75) is 11.1 Å². The number of benzene rings is 1. The molecule has 1 aliphatic heterocycles. The number of hydrogen-bond donors (Lipinski definition) is 1. The lowest BCUT2D eigenvalue weighted by atomic mass is 10.2. The molecule has 1 unspecified atom stereocenters. The van der Waals surface area contributed by atoms with Crippen LogP contribution in [0.2, 0.25) is 0 Å². The van der Waals surface area contributed by atoms with E-state index in [0.717, 1.165) is 18.4 Å². The second-order valence-electron chi connectivity index (χ2n) is 5.51. The van der Waals surface area contributed by atoms with Gasteiger partial charge in [-0.2, -0.15) is 4.31 Å². The molecule has 0 bridgehead atoms. The number of hydrogen-bond acceptors (Lipinski definition) is 8. The van der Waals surface area contributed by atoms with Gasteiger partial charge in [-0.15, -0.1) is 0 Å². The summed E-state index contributed by atoms with van der Waals surface area (Å²) in [5, 5.41) is 16.3. The van der Waals surface area contributed by atoms with Crippen molar-refractivity contribution in [3.8, 4) is 0 Å². The molecule has 1 aromatic rings. The van der Waals surface area contributed by atoms with E-state index in [-0.39, 0.29) is 25.4 Å². The summed E-state index contributed by atoms with van der Waals surface area (Å²) in [6.45, 7) is 0.310. The Morgan fingerprint density at radius 3 is 2.52 bits per heavy atom. The number of sulfonamides is 2. The highest BCUT2D eigenvalue weighted by Crippen LogP contribution is 2.31. The first kappa shape index (κ1) is 19.5. The van der Waals surface area contributed by atoms with Crippen LogP contribution in [0.1, 0.15) is 0 Å². The van der Waals surface area contributed by atoms with Gasteiger partial charge in [-0.1, -0.05) is 0 Å². The Morgan fingerprint density at radius 2 is 2.00 bits per heavy atom. The van der Waals surface area contributed by atoms with E-state index in [1.54, 1.807) is 0 Å². The van der Waals surface area contributed by atoms with Gasteiger partial charge in [0.1, 0.15) is 11.9 Å². The molecule has 1 aromatic carbocycles. The Labute approximate surface area is 145 Å². The number of primary sulfonamides is 1. The summed E-state index contributed by atoms with van der Waals surface area (Å²) in [7, 11) is -6.03. The van der Waals surface area contributed by atoms with Crippen molar-refractivity contribution in [1.29, 1.82) is 0 Å². The topological polar surface area (TPSA) is 153 Å².